The Bertz CT molecular complexity index is 401. The fourth-order valence-corrected chi connectivity index (χ4v) is 3.81. The summed E-state index contributed by atoms with van der Waals surface area (Å²) in [5.41, 5.74) is 0. The molecule has 0 radical (unpaired) electrons. The molecule has 1 aliphatic carbocycles. The molecule has 1 N–H and O–H groups in total. The normalized spacial score (nSPS) is 25.8. The summed E-state index contributed by atoms with van der Waals surface area (Å²) < 4.78 is 41.3. The third-order valence-electron chi connectivity index (χ3n) is 3.69. The summed E-state index contributed by atoms with van der Waals surface area (Å²) in [6.07, 6.45) is 2.11. The second-order valence-electron chi connectivity index (χ2n) is 4.82. The molecule has 0 spiro atoms. The highest BCUT2D eigenvalue weighted by Gasteiger charge is 2.53. The zero-order valence-corrected chi connectivity index (χ0v) is 10.9. The summed E-state index contributed by atoms with van der Waals surface area (Å²) in [6.45, 7) is 0.552. The zero-order chi connectivity index (χ0) is 13.2. The summed E-state index contributed by atoms with van der Waals surface area (Å²) in [4.78, 5) is 12.3. The Balaban J connectivity index is 2.31. The standard InChI is InChI=1S/C11H18O6S/c12-9(10-16-7-8-17-10)11(18(13,14)15)5-3-1-2-4-6-11/h10H,1-8H2,(H,13,14,15). The van der Waals surface area contributed by atoms with Crippen molar-refractivity contribution in [3.05, 3.63) is 0 Å². The Hall–Kier alpha value is -0.500. The van der Waals surface area contributed by atoms with Crippen LogP contribution >= 0.6 is 0 Å². The van der Waals surface area contributed by atoms with Crippen molar-refractivity contribution in [3.63, 3.8) is 0 Å². The van der Waals surface area contributed by atoms with Gasteiger partial charge in [0.15, 0.2) is 4.75 Å². The van der Waals surface area contributed by atoms with Gasteiger partial charge < -0.3 is 9.47 Å². The molecule has 2 fully saturated rings. The number of carbonyl (C=O) groups is 1. The first-order chi connectivity index (χ1) is 8.47. The van der Waals surface area contributed by atoms with Crippen molar-refractivity contribution in [2.75, 3.05) is 13.2 Å². The van der Waals surface area contributed by atoms with Crippen LogP contribution in [0.4, 0.5) is 0 Å². The van der Waals surface area contributed by atoms with Gasteiger partial charge in [0, 0.05) is 0 Å². The summed E-state index contributed by atoms with van der Waals surface area (Å²) in [6, 6.07) is 0. The van der Waals surface area contributed by atoms with Crippen LogP contribution < -0.4 is 0 Å². The Morgan fingerprint density at radius 2 is 1.56 bits per heavy atom. The molecule has 0 amide bonds. The predicted molar refractivity (Wildman–Crippen MR) is 62.7 cm³/mol. The molecule has 104 valence electrons. The summed E-state index contributed by atoms with van der Waals surface area (Å²) in [5.74, 6) is -0.649. The van der Waals surface area contributed by atoms with Crippen molar-refractivity contribution in [1.29, 1.82) is 0 Å². The minimum Gasteiger partial charge on any atom is -0.344 e. The average molecular weight is 278 g/mol. The molecule has 6 nitrogen and oxygen atoms in total. The lowest BCUT2D eigenvalue weighted by atomic mass is 9.93. The lowest BCUT2D eigenvalue weighted by molar-refractivity contribution is -0.147. The van der Waals surface area contributed by atoms with Crippen LogP contribution in [-0.4, -0.2) is 43.0 Å². The molecule has 2 rings (SSSR count). The Kier molecular flexibility index (Phi) is 4.05. The van der Waals surface area contributed by atoms with E-state index in [9.17, 15) is 17.8 Å². The third kappa shape index (κ3) is 2.45. The first kappa shape index (κ1) is 13.9. The van der Waals surface area contributed by atoms with Gasteiger partial charge in [0.1, 0.15) is 0 Å². The van der Waals surface area contributed by atoms with Gasteiger partial charge in [0.2, 0.25) is 12.1 Å². The van der Waals surface area contributed by atoms with Crippen molar-refractivity contribution in [2.24, 2.45) is 0 Å². The molecule has 0 atom stereocenters. The van der Waals surface area contributed by atoms with Gasteiger partial charge in [-0.1, -0.05) is 25.7 Å². The molecule has 0 bridgehead atoms. The van der Waals surface area contributed by atoms with E-state index in [1.165, 1.54) is 0 Å². The maximum absolute atomic E-state index is 12.3. The Morgan fingerprint density at radius 3 is 2.00 bits per heavy atom. The number of hydrogen-bond donors (Lipinski definition) is 1. The maximum Gasteiger partial charge on any atom is 0.278 e. The van der Waals surface area contributed by atoms with Crippen molar-refractivity contribution < 1.29 is 27.2 Å². The van der Waals surface area contributed by atoms with E-state index < -0.39 is 26.9 Å². The monoisotopic (exact) mass is 278 g/mol. The summed E-state index contributed by atoms with van der Waals surface area (Å²) >= 11 is 0. The molecule has 0 aromatic heterocycles. The van der Waals surface area contributed by atoms with Gasteiger partial charge in [-0.15, -0.1) is 0 Å². The number of rotatable bonds is 3. The number of ketones is 1. The fourth-order valence-electron chi connectivity index (χ4n) is 2.66. The van der Waals surface area contributed by atoms with Gasteiger partial charge in [0.25, 0.3) is 10.1 Å². The first-order valence-electron chi connectivity index (χ1n) is 6.22. The second-order valence-corrected chi connectivity index (χ2v) is 6.55. The molecule has 2 aliphatic rings. The zero-order valence-electron chi connectivity index (χ0n) is 10.1. The molecule has 0 aromatic carbocycles. The van der Waals surface area contributed by atoms with Crippen LogP contribution in [-0.2, 0) is 24.4 Å². The number of ether oxygens (including phenoxy) is 2. The predicted octanol–water partition coefficient (Wildman–Crippen LogP) is 0.909. The largest absolute Gasteiger partial charge is 0.344 e. The summed E-state index contributed by atoms with van der Waals surface area (Å²) in [7, 11) is -4.46. The molecular formula is C11H18O6S. The van der Waals surface area contributed by atoms with E-state index in [1.807, 2.05) is 0 Å². The van der Waals surface area contributed by atoms with Gasteiger partial charge in [-0.2, -0.15) is 8.42 Å². The van der Waals surface area contributed by atoms with E-state index in [4.69, 9.17) is 9.47 Å². The third-order valence-corrected chi connectivity index (χ3v) is 5.29. The molecule has 7 heteroatoms. The van der Waals surface area contributed by atoms with Crippen molar-refractivity contribution in [3.8, 4) is 0 Å². The molecule has 1 heterocycles. The summed E-state index contributed by atoms with van der Waals surface area (Å²) in [5, 5.41) is 0. The van der Waals surface area contributed by atoms with Gasteiger partial charge >= 0.3 is 0 Å². The highest BCUT2D eigenvalue weighted by Crippen LogP contribution is 2.36. The molecule has 1 aliphatic heterocycles. The van der Waals surface area contributed by atoms with Crippen LogP contribution in [0.15, 0.2) is 0 Å². The van der Waals surface area contributed by atoms with E-state index in [1.54, 1.807) is 0 Å². The van der Waals surface area contributed by atoms with Crippen LogP contribution in [0.5, 0.6) is 0 Å². The second kappa shape index (κ2) is 5.24. The SMILES string of the molecule is O=C(C1OCCO1)C1(S(=O)(=O)O)CCCCCC1. The number of carbonyl (C=O) groups excluding carboxylic acids is 1. The van der Waals surface area contributed by atoms with E-state index in [0.717, 1.165) is 12.8 Å². The molecular weight excluding hydrogens is 260 g/mol. The van der Waals surface area contributed by atoms with Gasteiger partial charge in [-0.3, -0.25) is 9.35 Å². The fraction of sp³-hybridized carbons (Fsp3) is 0.909. The molecule has 1 saturated carbocycles. The van der Waals surface area contributed by atoms with Crippen molar-refractivity contribution in [2.45, 2.75) is 49.6 Å². The first-order valence-corrected chi connectivity index (χ1v) is 7.66. The van der Waals surface area contributed by atoms with Crippen LogP contribution in [0.2, 0.25) is 0 Å². The number of hydrogen-bond acceptors (Lipinski definition) is 5. The van der Waals surface area contributed by atoms with E-state index in [0.29, 0.717) is 12.8 Å². The highest BCUT2D eigenvalue weighted by atomic mass is 32.2. The quantitative estimate of drug-likeness (QED) is 0.609. The van der Waals surface area contributed by atoms with Gasteiger partial charge in [0.05, 0.1) is 13.2 Å². The Labute approximate surface area is 106 Å². The molecule has 0 aromatic rings. The van der Waals surface area contributed by atoms with Crippen LogP contribution in [0.1, 0.15) is 38.5 Å². The van der Waals surface area contributed by atoms with Crippen molar-refractivity contribution >= 4 is 15.9 Å². The van der Waals surface area contributed by atoms with E-state index >= 15 is 0 Å². The topological polar surface area (TPSA) is 89.9 Å². The van der Waals surface area contributed by atoms with Crippen LogP contribution in [0.25, 0.3) is 0 Å². The smallest absolute Gasteiger partial charge is 0.278 e. The van der Waals surface area contributed by atoms with Crippen molar-refractivity contribution in [1.82, 2.24) is 0 Å². The average Bonchev–Trinajstić information content (AvgIpc) is 2.70. The molecule has 1 saturated heterocycles. The minimum absolute atomic E-state index is 0.147. The van der Waals surface area contributed by atoms with E-state index in [-0.39, 0.29) is 26.1 Å². The maximum atomic E-state index is 12.3. The Morgan fingerprint density at radius 1 is 1.06 bits per heavy atom. The van der Waals surface area contributed by atoms with Crippen LogP contribution in [0, 0.1) is 0 Å². The minimum atomic E-state index is -4.46. The highest BCUT2D eigenvalue weighted by molar-refractivity contribution is 7.88. The van der Waals surface area contributed by atoms with E-state index in [2.05, 4.69) is 0 Å². The molecule has 0 unspecified atom stereocenters. The van der Waals surface area contributed by atoms with Gasteiger partial charge in [-0.05, 0) is 12.8 Å². The lowest BCUT2D eigenvalue weighted by Crippen LogP contribution is -2.51. The lowest BCUT2D eigenvalue weighted by Gasteiger charge is -2.29. The number of Topliss-reactive ketones (excluding diaryl/α,β-unsaturated/α-hetero) is 1. The van der Waals surface area contributed by atoms with Crippen LogP contribution in [0.3, 0.4) is 0 Å². The molecule has 18 heavy (non-hydrogen) atoms. The van der Waals surface area contributed by atoms with Gasteiger partial charge in [-0.25, -0.2) is 0 Å².